The van der Waals surface area contributed by atoms with Gasteiger partial charge in [-0.1, -0.05) is 30.3 Å². The first-order valence-corrected chi connectivity index (χ1v) is 8.81. The first kappa shape index (κ1) is 20.3. The van der Waals surface area contributed by atoms with Gasteiger partial charge >= 0.3 is 5.97 Å². The highest BCUT2D eigenvalue weighted by molar-refractivity contribution is 5.95. The first-order chi connectivity index (χ1) is 13.1. The lowest BCUT2D eigenvalue weighted by Gasteiger charge is -2.20. The number of likely N-dealkylation sites (N-methyl/N-ethyl adjacent to an activating group) is 1. The fourth-order valence-electron chi connectivity index (χ4n) is 2.79. The van der Waals surface area contributed by atoms with Crippen molar-refractivity contribution in [2.75, 3.05) is 32.3 Å². The Morgan fingerprint density at radius 2 is 1.70 bits per heavy atom. The quantitative estimate of drug-likeness (QED) is 0.633. The van der Waals surface area contributed by atoms with Gasteiger partial charge in [-0.15, -0.1) is 0 Å². The molecule has 0 N–H and O–H groups in total. The topological polar surface area (TPSA) is 65.1 Å². The van der Waals surface area contributed by atoms with Crippen LogP contribution >= 0.6 is 0 Å². The highest BCUT2D eigenvalue weighted by Gasteiger charge is 2.17. The minimum Gasteiger partial charge on any atom is -0.493 e. The summed E-state index contributed by atoms with van der Waals surface area (Å²) in [7, 11) is 3.12. The van der Waals surface area contributed by atoms with Crippen LogP contribution in [0.15, 0.2) is 48.5 Å². The van der Waals surface area contributed by atoms with Crippen LogP contribution in [0.1, 0.15) is 18.9 Å². The molecule has 0 aliphatic carbocycles. The predicted octanol–water partition coefficient (Wildman–Crippen LogP) is 3.23. The number of rotatable bonds is 9. The predicted molar refractivity (Wildman–Crippen MR) is 103 cm³/mol. The molecule has 2 aromatic carbocycles. The molecule has 0 heterocycles. The zero-order valence-electron chi connectivity index (χ0n) is 15.9. The van der Waals surface area contributed by atoms with E-state index in [1.807, 2.05) is 49.4 Å². The Bertz CT molecular complexity index is 760. The van der Waals surface area contributed by atoms with E-state index in [2.05, 4.69) is 0 Å². The summed E-state index contributed by atoms with van der Waals surface area (Å²) in [6.07, 6.45) is 0.581. The van der Waals surface area contributed by atoms with Gasteiger partial charge < -0.3 is 19.1 Å². The molecule has 0 bridgehead atoms. The van der Waals surface area contributed by atoms with Crippen LogP contribution in [0.2, 0.25) is 0 Å². The second-order valence-electron chi connectivity index (χ2n) is 5.79. The number of carbonyl (C=O) groups is 2. The third-order valence-corrected chi connectivity index (χ3v) is 4.12. The average molecular weight is 371 g/mol. The van der Waals surface area contributed by atoms with E-state index in [9.17, 15) is 9.59 Å². The fourth-order valence-corrected chi connectivity index (χ4v) is 2.79. The largest absolute Gasteiger partial charge is 0.493 e. The summed E-state index contributed by atoms with van der Waals surface area (Å²) in [5.74, 6) is 0.526. The Balaban J connectivity index is 1.88. The van der Waals surface area contributed by atoms with Crippen molar-refractivity contribution in [2.24, 2.45) is 0 Å². The summed E-state index contributed by atoms with van der Waals surface area (Å²) in [6.45, 7) is 2.10. The smallest absolute Gasteiger partial charge is 0.306 e. The van der Waals surface area contributed by atoms with Gasteiger partial charge in [-0.05, 0) is 37.1 Å². The molecule has 144 valence electrons. The van der Waals surface area contributed by atoms with Crippen molar-refractivity contribution in [3.8, 4) is 11.5 Å². The first-order valence-electron chi connectivity index (χ1n) is 8.81. The number of para-hydroxylation sites is 2. The van der Waals surface area contributed by atoms with E-state index >= 15 is 0 Å². The maximum Gasteiger partial charge on any atom is 0.306 e. The molecule has 0 fully saturated rings. The SMILES string of the molecule is CCN(C(=O)COC(=O)CCc1cccc(OC)c1OC)c1ccccc1. The molecule has 0 atom stereocenters. The highest BCUT2D eigenvalue weighted by atomic mass is 16.5. The van der Waals surface area contributed by atoms with Crippen LogP contribution in [0.3, 0.4) is 0 Å². The van der Waals surface area contributed by atoms with Crippen LogP contribution in [0.5, 0.6) is 11.5 Å². The monoisotopic (exact) mass is 371 g/mol. The van der Waals surface area contributed by atoms with Crippen molar-refractivity contribution in [2.45, 2.75) is 19.8 Å². The van der Waals surface area contributed by atoms with Crippen molar-refractivity contribution >= 4 is 17.6 Å². The lowest BCUT2D eigenvalue weighted by atomic mass is 10.1. The normalized spacial score (nSPS) is 10.2. The zero-order chi connectivity index (χ0) is 19.6. The molecule has 6 heteroatoms. The summed E-state index contributed by atoms with van der Waals surface area (Å²) in [6, 6.07) is 14.8. The molecule has 0 radical (unpaired) electrons. The summed E-state index contributed by atoms with van der Waals surface area (Å²) in [4.78, 5) is 26.0. The van der Waals surface area contributed by atoms with E-state index in [1.165, 1.54) is 0 Å². The van der Waals surface area contributed by atoms with E-state index < -0.39 is 5.97 Å². The van der Waals surface area contributed by atoms with Gasteiger partial charge in [-0.3, -0.25) is 9.59 Å². The van der Waals surface area contributed by atoms with Crippen molar-refractivity contribution in [3.05, 3.63) is 54.1 Å². The number of nitrogens with zero attached hydrogens (tertiary/aromatic N) is 1. The van der Waals surface area contributed by atoms with Gasteiger partial charge in [0.1, 0.15) is 0 Å². The highest BCUT2D eigenvalue weighted by Crippen LogP contribution is 2.31. The molecular formula is C21H25NO5. The standard InChI is InChI=1S/C21H25NO5/c1-4-22(17-10-6-5-7-11-17)19(23)15-27-20(24)14-13-16-9-8-12-18(25-2)21(16)26-3/h5-12H,4,13-15H2,1-3H3. The molecule has 0 aromatic heterocycles. The molecule has 27 heavy (non-hydrogen) atoms. The Morgan fingerprint density at radius 1 is 0.963 bits per heavy atom. The maximum atomic E-state index is 12.3. The molecule has 1 amide bonds. The van der Waals surface area contributed by atoms with Crippen LogP contribution in [-0.2, 0) is 20.7 Å². The van der Waals surface area contributed by atoms with Crippen molar-refractivity contribution in [1.82, 2.24) is 0 Å². The molecule has 0 spiro atoms. The average Bonchev–Trinajstić information content (AvgIpc) is 2.71. The van der Waals surface area contributed by atoms with Crippen LogP contribution in [-0.4, -0.2) is 39.2 Å². The molecule has 6 nitrogen and oxygen atoms in total. The summed E-state index contributed by atoms with van der Waals surface area (Å²) in [5, 5.41) is 0. The molecule has 0 aliphatic rings. The van der Waals surface area contributed by atoms with E-state index in [4.69, 9.17) is 14.2 Å². The summed E-state index contributed by atoms with van der Waals surface area (Å²) < 4.78 is 15.8. The fraction of sp³-hybridized carbons (Fsp3) is 0.333. The molecule has 2 rings (SSSR count). The van der Waals surface area contributed by atoms with Crippen LogP contribution in [0, 0.1) is 0 Å². The van der Waals surface area contributed by atoms with Gasteiger partial charge in [-0.2, -0.15) is 0 Å². The Morgan fingerprint density at radius 3 is 2.33 bits per heavy atom. The second kappa shape index (κ2) is 10.2. The number of amides is 1. The molecular weight excluding hydrogens is 346 g/mol. The number of hydrogen-bond acceptors (Lipinski definition) is 5. The van der Waals surface area contributed by atoms with Crippen molar-refractivity contribution < 1.29 is 23.8 Å². The number of ether oxygens (including phenoxy) is 3. The van der Waals surface area contributed by atoms with Gasteiger partial charge in [0, 0.05) is 18.7 Å². The van der Waals surface area contributed by atoms with Gasteiger partial charge in [-0.25, -0.2) is 0 Å². The molecule has 2 aromatic rings. The lowest BCUT2D eigenvalue weighted by Crippen LogP contribution is -2.34. The number of methoxy groups -OCH3 is 2. The zero-order valence-corrected chi connectivity index (χ0v) is 15.9. The van der Waals surface area contributed by atoms with Gasteiger partial charge in [0.25, 0.3) is 5.91 Å². The number of benzene rings is 2. The van der Waals surface area contributed by atoms with Crippen molar-refractivity contribution in [1.29, 1.82) is 0 Å². The third kappa shape index (κ3) is 5.48. The molecule has 0 aliphatic heterocycles. The molecule has 0 saturated heterocycles. The second-order valence-corrected chi connectivity index (χ2v) is 5.79. The van der Waals surface area contributed by atoms with E-state index in [1.54, 1.807) is 25.2 Å². The van der Waals surface area contributed by atoms with Gasteiger partial charge in [0.15, 0.2) is 18.1 Å². The van der Waals surface area contributed by atoms with Crippen LogP contribution in [0.25, 0.3) is 0 Å². The number of aryl methyl sites for hydroxylation is 1. The minimum absolute atomic E-state index is 0.147. The summed E-state index contributed by atoms with van der Waals surface area (Å²) >= 11 is 0. The third-order valence-electron chi connectivity index (χ3n) is 4.12. The Hall–Kier alpha value is -3.02. The number of anilines is 1. The Labute approximate surface area is 159 Å². The van der Waals surface area contributed by atoms with Gasteiger partial charge in [0.2, 0.25) is 0 Å². The van der Waals surface area contributed by atoms with Crippen molar-refractivity contribution in [3.63, 3.8) is 0 Å². The number of carbonyl (C=O) groups excluding carboxylic acids is 2. The number of hydrogen-bond donors (Lipinski definition) is 0. The lowest BCUT2D eigenvalue weighted by molar-refractivity contribution is -0.147. The maximum absolute atomic E-state index is 12.3. The van der Waals surface area contributed by atoms with Crippen LogP contribution in [0.4, 0.5) is 5.69 Å². The molecule has 0 unspecified atom stereocenters. The Kier molecular flexibility index (Phi) is 7.67. The molecule has 0 saturated carbocycles. The minimum atomic E-state index is -0.433. The van der Waals surface area contributed by atoms with E-state index in [0.717, 1.165) is 11.3 Å². The summed E-state index contributed by atoms with van der Waals surface area (Å²) in [5.41, 5.74) is 1.63. The van der Waals surface area contributed by atoms with Gasteiger partial charge in [0.05, 0.1) is 14.2 Å². The van der Waals surface area contributed by atoms with E-state index in [0.29, 0.717) is 24.5 Å². The van der Waals surface area contributed by atoms with Crippen LogP contribution < -0.4 is 14.4 Å². The number of esters is 1. The van der Waals surface area contributed by atoms with E-state index in [-0.39, 0.29) is 18.9 Å².